The molecule has 0 spiro atoms. The van der Waals surface area contributed by atoms with Crippen LogP contribution in [-0.2, 0) is 11.2 Å². The van der Waals surface area contributed by atoms with E-state index in [4.69, 9.17) is 0 Å². The molecule has 0 saturated heterocycles. The third kappa shape index (κ3) is 4.13. The standard InChI is InChI=1S/C21H27NO/c1-16(21(23)22-15-17-8-3-2-4-9-17)14-19-12-7-11-18-10-5-6-13-20(18)19/h5-7,10-13,16-17H,2-4,8-9,14-15H2,1H3,(H,22,23). The molecular formula is C21H27NO. The highest BCUT2D eigenvalue weighted by molar-refractivity contribution is 5.86. The van der Waals surface area contributed by atoms with Crippen molar-refractivity contribution >= 4 is 16.7 Å². The molecule has 23 heavy (non-hydrogen) atoms. The number of benzene rings is 2. The van der Waals surface area contributed by atoms with Gasteiger partial charge in [-0.2, -0.15) is 0 Å². The van der Waals surface area contributed by atoms with Crippen LogP contribution in [0.2, 0.25) is 0 Å². The molecule has 1 aliphatic carbocycles. The van der Waals surface area contributed by atoms with Crippen LogP contribution in [0.25, 0.3) is 10.8 Å². The van der Waals surface area contributed by atoms with Gasteiger partial charge in [0.25, 0.3) is 0 Å². The molecule has 2 aromatic carbocycles. The fraction of sp³-hybridized carbons (Fsp3) is 0.476. The molecule has 1 atom stereocenters. The minimum Gasteiger partial charge on any atom is -0.356 e. The lowest BCUT2D eigenvalue weighted by molar-refractivity contribution is -0.124. The SMILES string of the molecule is CC(Cc1cccc2ccccc12)C(=O)NCC1CCCCC1. The van der Waals surface area contributed by atoms with E-state index in [2.05, 4.69) is 47.8 Å². The summed E-state index contributed by atoms with van der Waals surface area (Å²) >= 11 is 0. The first kappa shape index (κ1) is 16.0. The van der Waals surface area contributed by atoms with E-state index in [0.717, 1.165) is 13.0 Å². The van der Waals surface area contributed by atoms with Crippen LogP contribution >= 0.6 is 0 Å². The smallest absolute Gasteiger partial charge is 0.223 e. The lowest BCUT2D eigenvalue weighted by Gasteiger charge is -2.22. The topological polar surface area (TPSA) is 29.1 Å². The van der Waals surface area contributed by atoms with Gasteiger partial charge in [-0.05, 0) is 41.5 Å². The van der Waals surface area contributed by atoms with Crippen LogP contribution in [0.3, 0.4) is 0 Å². The van der Waals surface area contributed by atoms with E-state index >= 15 is 0 Å². The second-order valence-electron chi connectivity index (χ2n) is 6.99. The second kappa shape index (κ2) is 7.63. The lowest BCUT2D eigenvalue weighted by Crippen LogP contribution is -2.34. The monoisotopic (exact) mass is 309 g/mol. The van der Waals surface area contributed by atoms with Gasteiger partial charge in [0.2, 0.25) is 5.91 Å². The summed E-state index contributed by atoms with van der Waals surface area (Å²) < 4.78 is 0. The van der Waals surface area contributed by atoms with Crippen molar-refractivity contribution in [2.75, 3.05) is 6.54 Å². The number of carbonyl (C=O) groups is 1. The Kier molecular flexibility index (Phi) is 5.32. The van der Waals surface area contributed by atoms with E-state index in [1.54, 1.807) is 0 Å². The molecule has 1 saturated carbocycles. The van der Waals surface area contributed by atoms with E-state index in [-0.39, 0.29) is 11.8 Å². The fourth-order valence-corrected chi connectivity index (χ4v) is 3.70. The molecule has 0 radical (unpaired) electrons. The van der Waals surface area contributed by atoms with E-state index in [0.29, 0.717) is 5.92 Å². The van der Waals surface area contributed by atoms with Gasteiger partial charge in [0.15, 0.2) is 0 Å². The number of fused-ring (bicyclic) bond motifs is 1. The number of carbonyl (C=O) groups excluding carboxylic acids is 1. The van der Waals surface area contributed by atoms with Gasteiger partial charge in [-0.3, -0.25) is 4.79 Å². The Morgan fingerprint density at radius 2 is 1.83 bits per heavy atom. The third-order valence-corrected chi connectivity index (χ3v) is 5.14. The van der Waals surface area contributed by atoms with Crippen molar-refractivity contribution in [1.29, 1.82) is 0 Å². The molecule has 0 bridgehead atoms. The molecule has 2 heteroatoms. The van der Waals surface area contributed by atoms with Crippen molar-refractivity contribution in [3.05, 3.63) is 48.0 Å². The van der Waals surface area contributed by atoms with Crippen molar-refractivity contribution in [1.82, 2.24) is 5.32 Å². The highest BCUT2D eigenvalue weighted by Gasteiger charge is 2.18. The van der Waals surface area contributed by atoms with Crippen molar-refractivity contribution in [2.24, 2.45) is 11.8 Å². The summed E-state index contributed by atoms with van der Waals surface area (Å²) in [5, 5.41) is 5.70. The predicted molar refractivity (Wildman–Crippen MR) is 96.4 cm³/mol. The van der Waals surface area contributed by atoms with E-state index in [1.165, 1.54) is 48.4 Å². The van der Waals surface area contributed by atoms with Gasteiger partial charge < -0.3 is 5.32 Å². The zero-order valence-electron chi connectivity index (χ0n) is 14.1. The molecule has 3 rings (SSSR count). The Morgan fingerprint density at radius 3 is 2.65 bits per heavy atom. The minimum atomic E-state index is 0.0180. The second-order valence-corrected chi connectivity index (χ2v) is 6.99. The van der Waals surface area contributed by atoms with Gasteiger partial charge in [-0.1, -0.05) is 68.7 Å². The summed E-state index contributed by atoms with van der Waals surface area (Å²) in [4.78, 5) is 12.4. The predicted octanol–water partition coefficient (Wildman–Crippen LogP) is 4.71. The molecule has 122 valence electrons. The van der Waals surface area contributed by atoms with Crippen LogP contribution in [0.15, 0.2) is 42.5 Å². The molecule has 0 heterocycles. The Hall–Kier alpha value is -1.83. The molecule has 1 aliphatic rings. The van der Waals surface area contributed by atoms with Gasteiger partial charge in [-0.25, -0.2) is 0 Å². The molecule has 1 N–H and O–H groups in total. The van der Waals surface area contributed by atoms with Crippen LogP contribution in [0.1, 0.15) is 44.6 Å². The summed E-state index contributed by atoms with van der Waals surface area (Å²) in [6, 6.07) is 14.8. The van der Waals surface area contributed by atoms with E-state index in [9.17, 15) is 4.79 Å². The molecule has 0 aromatic heterocycles. The van der Waals surface area contributed by atoms with Crippen LogP contribution in [0.5, 0.6) is 0 Å². The van der Waals surface area contributed by atoms with Crippen LogP contribution in [-0.4, -0.2) is 12.5 Å². The maximum atomic E-state index is 12.4. The Labute approximate surface area is 139 Å². The Bertz CT molecular complexity index is 652. The highest BCUT2D eigenvalue weighted by atomic mass is 16.1. The molecule has 1 unspecified atom stereocenters. The first-order valence-corrected chi connectivity index (χ1v) is 8.98. The van der Waals surface area contributed by atoms with E-state index < -0.39 is 0 Å². The third-order valence-electron chi connectivity index (χ3n) is 5.14. The maximum absolute atomic E-state index is 12.4. The molecule has 2 aromatic rings. The zero-order valence-corrected chi connectivity index (χ0v) is 14.1. The molecule has 0 aliphatic heterocycles. The fourth-order valence-electron chi connectivity index (χ4n) is 3.70. The summed E-state index contributed by atoms with van der Waals surface area (Å²) in [6.45, 7) is 2.90. The minimum absolute atomic E-state index is 0.0180. The van der Waals surface area contributed by atoms with Crippen molar-refractivity contribution in [3.63, 3.8) is 0 Å². The highest BCUT2D eigenvalue weighted by Crippen LogP contribution is 2.23. The summed E-state index contributed by atoms with van der Waals surface area (Å²) in [5.41, 5.74) is 1.27. The molecule has 1 amide bonds. The van der Waals surface area contributed by atoms with Crippen molar-refractivity contribution < 1.29 is 4.79 Å². The Morgan fingerprint density at radius 1 is 1.09 bits per heavy atom. The van der Waals surface area contributed by atoms with Gasteiger partial charge >= 0.3 is 0 Å². The average Bonchev–Trinajstić information content (AvgIpc) is 2.61. The molecule has 2 nitrogen and oxygen atoms in total. The largest absolute Gasteiger partial charge is 0.356 e. The van der Waals surface area contributed by atoms with Gasteiger partial charge in [-0.15, -0.1) is 0 Å². The number of nitrogens with one attached hydrogen (secondary N) is 1. The van der Waals surface area contributed by atoms with Gasteiger partial charge in [0.05, 0.1) is 0 Å². The first-order chi connectivity index (χ1) is 11.2. The van der Waals surface area contributed by atoms with Crippen LogP contribution < -0.4 is 5.32 Å². The summed E-state index contributed by atoms with van der Waals surface area (Å²) in [7, 11) is 0. The Balaban J connectivity index is 1.59. The quantitative estimate of drug-likeness (QED) is 0.851. The summed E-state index contributed by atoms with van der Waals surface area (Å²) in [6.07, 6.45) is 7.37. The van der Waals surface area contributed by atoms with Gasteiger partial charge in [0.1, 0.15) is 0 Å². The number of hydrogen-bond donors (Lipinski definition) is 1. The summed E-state index contributed by atoms with van der Waals surface area (Å²) in [5.74, 6) is 0.908. The first-order valence-electron chi connectivity index (χ1n) is 8.98. The number of rotatable bonds is 5. The molecule has 1 fully saturated rings. The maximum Gasteiger partial charge on any atom is 0.223 e. The van der Waals surface area contributed by atoms with E-state index in [1.807, 2.05) is 6.92 Å². The number of hydrogen-bond acceptors (Lipinski definition) is 1. The van der Waals surface area contributed by atoms with Crippen molar-refractivity contribution in [3.8, 4) is 0 Å². The van der Waals surface area contributed by atoms with Gasteiger partial charge in [0, 0.05) is 12.5 Å². The van der Waals surface area contributed by atoms with Crippen LogP contribution in [0, 0.1) is 11.8 Å². The molecular weight excluding hydrogens is 282 g/mol. The number of amides is 1. The normalized spacial score (nSPS) is 17.1. The van der Waals surface area contributed by atoms with Crippen molar-refractivity contribution in [2.45, 2.75) is 45.4 Å². The average molecular weight is 309 g/mol. The zero-order chi connectivity index (χ0) is 16.1. The lowest BCUT2D eigenvalue weighted by atomic mass is 9.89. The van der Waals surface area contributed by atoms with Crippen LogP contribution in [0.4, 0.5) is 0 Å².